The van der Waals surface area contributed by atoms with Crippen molar-refractivity contribution in [1.29, 1.82) is 0 Å². The number of rotatable bonds is 4. The van der Waals surface area contributed by atoms with Crippen LogP contribution in [0.5, 0.6) is 0 Å². The number of benzene rings is 2. The fraction of sp³-hybridized carbons (Fsp3) is 0.294. The zero-order chi connectivity index (χ0) is 13.8. The van der Waals surface area contributed by atoms with E-state index in [1.165, 1.54) is 5.56 Å². The Morgan fingerprint density at radius 1 is 1.05 bits per heavy atom. The molecule has 0 spiro atoms. The average Bonchev–Trinajstić information content (AvgIpc) is 2.44. The highest BCUT2D eigenvalue weighted by atomic mass is 19.1. The van der Waals surface area contributed by atoms with Crippen molar-refractivity contribution in [2.45, 2.75) is 26.3 Å². The summed E-state index contributed by atoms with van der Waals surface area (Å²) in [4.78, 5) is 0. The lowest BCUT2D eigenvalue weighted by Gasteiger charge is -2.18. The van der Waals surface area contributed by atoms with Crippen LogP contribution in [0.3, 0.4) is 0 Å². The lowest BCUT2D eigenvalue weighted by atomic mass is 9.96. The molecule has 1 unspecified atom stereocenters. The Morgan fingerprint density at radius 2 is 1.68 bits per heavy atom. The van der Waals surface area contributed by atoms with Crippen molar-refractivity contribution in [2.24, 2.45) is 0 Å². The first kappa shape index (κ1) is 13.8. The van der Waals surface area contributed by atoms with Crippen LogP contribution in [0.1, 0.15) is 35.2 Å². The van der Waals surface area contributed by atoms with Gasteiger partial charge in [0.2, 0.25) is 0 Å². The third-order valence-corrected chi connectivity index (χ3v) is 3.54. The van der Waals surface area contributed by atoms with Crippen molar-refractivity contribution in [3.8, 4) is 0 Å². The standard InChI is InChI=1S/C17H20FN/c1-4-13-6-9-14(10-7-13)17(19-3)15-8-5-12(2)16(18)11-15/h5-11,17,19H,4H2,1-3H3. The highest BCUT2D eigenvalue weighted by Gasteiger charge is 2.13. The summed E-state index contributed by atoms with van der Waals surface area (Å²) in [5.41, 5.74) is 4.10. The van der Waals surface area contributed by atoms with Gasteiger partial charge in [-0.3, -0.25) is 0 Å². The van der Waals surface area contributed by atoms with Crippen LogP contribution in [-0.4, -0.2) is 7.05 Å². The summed E-state index contributed by atoms with van der Waals surface area (Å²) >= 11 is 0. The molecule has 0 aliphatic carbocycles. The molecule has 2 aromatic rings. The average molecular weight is 257 g/mol. The van der Waals surface area contributed by atoms with Gasteiger partial charge in [0.25, 0.3) is 0 Å². The van der Waals surface area contributed by atoms with E-state index in [2.05, 4.69) is 36.5 Å². The first-order valence-electron chi connectivity index (χ1n) is 6.68. The van der Waals surface area contributed by atoms with E-state index in [0.29, 0.717) is 5.56 Å². The van der Waals surface area contributed by atoms with Crippen LogP contribution in [0, 0.1) is 12.7 Å². The van der Waals surface area contributed by atoms with Crippen molar-refractivity contribution in [2.75, 3.05) is 7.05 Å². The predicted molar refractivity (Wildman–Crippen MR) is 77.9 cm³/mol. The molecule has 0 bridgehead atoms. The summed E-state index contributed by atoms with van der Waals surface area (Å²) in [7, 11) is 1.90. The van der Waals surface area contributed by atoms with Gasteiger partial charge in [0.15, 0.2) is 0 Å². The number of hydrogen-bond acceptors (Lipinski definition) is 1. The van der Waals surface area contributed by atoms with E-state index in [4.69, 9.17) is 0 Å². The summed E-state index contributed by atoms with van der Waals surface area (Å²) in [5.74, 6) is -0.150. The molecule has 1 atom stereocenters. The highest BCUT2D eigenvalue weighted by molar-refractivity contribution is 5.35. The lowest BCUT2D eigenvalue weighted by Crippen LogP contribution is -2.17. The molecule has 100 valence electrons. The second-order valence-electron chi connectivity index (χ2n) is 4.83. The zero-order valence-electron chi connectivity index (χ0n) is 11.7. The van der Waals surface area contributed by atoms with Crippen LogP contribution in [0.25, 0.3) is 0 Å². The quantitative estimate of drug-likeness (QED) is 0.872. The van der Waals surface area contributed by atoms with Gasteiger partial charge in [0.05, 0.1) is 6.04 Å². The SMILES string of the molecule is CCc1ccc(C(NC)c2ccc(C)c(F)c2)cc1. The Balaban J connectivity index is 2.34. The van der Waals surface area contributed by atoms with E-state index in [1.54, 1.807) is 13.0 Å². The minimum Gasteiger partial charge on any atom is -0.309 e. The lowest BCUT2D eigenvalue weighted by molar-refractivity contribution is 0.608. The van der Waals surface area contributed by atoms with Crippen LogP contribution in [0.2, 0.25) is 0 Å². The van der Waals surface area contributed by atoms with Crippen LogP contribution >= 0.6 is 0 Å². The molecule has 0 aliphatic heterocycles. The van der Waals surface area contributed by atoms with Crippen LogP contribution in [-0.2, 0) is 6.42 Å². The van der Waals surface area contributed by atoms with Crippen molar-refractivity contribution in [3.05, 3.63) is 70.5 Å². The molecule has 19 heavy (non-hydrogen) atoms. The van der Waals surface area contributed by atoms with Gasteiger partial charge >= 0.3 is 0 Å². The van der Waals surface area contributed by atoms with Gasteiger partial charge in [0.1, 0.15) is 5.82 Å². The fourth-order valence-electron chi connectivity index (χ4n) is 2.26. The Kier molecular flexibility index (Phi) is 4.33. The van der Waals surface area contributed by atoms with E-state index >= 15 is 0 Å². The third kappa shape index (κ3) is 3.02. The Labute approximate surface area is 114 Å². The van der Waals surface area contributed by atoms with Crippen molar-refractivity contribution in [1.82, 2.24) is 5.32 Å². The molecule has 0 heterocycles. The topological polar surface area (TPSA) is 12.0 Å². The van der Waals surface area contributed by atoms with E-state index in [9.17, 15) is 4.39 Å². The molecule has 1 nitrogen and oxygen atoms in total. The number of hydrogen-bond donors (Lipinski definition) is 1. The largest absolute Gasteiger partial charge is 0.309 e. The first-order valence-corrected chi connectivity index (χ1v) is 6.68. The second kappa shape index (κ2) is 5.98. The molecular formula is C17H20FN. The van der Waals surface area contributed by atoms with Crippen LogP contribution in [0.15, 0.2) is 42.5 Å². The summed E-state index contributed by atoms with van der Waals surface area (Å²) in [6.45, 7) is 3.92. The monoisotopic (exact) mass is 257 g/mol. The maximum absolute atomic E-state index is 13.7. The van der Waals surface area contributed by atoms with Gasteiger partial charge in [-0.25, -0.2) is 4.39 Å². The normalized spacial score (nSPS) is 12.4. The molecule has 0 saturated heterocycles. The summed E-state index contributed by atoms with van der Waals surface area (Å²) < 4.78 is 13.7. The van der Waals surface area contributed by atoms with Crippen molar-refractivity contribution < 1.29 is 4.39 Å². The van der Waals surface area contributed by atoms with E-state index in [0.717, 1.165) is 17.5 Å². The molecule has 2 heteroatoms. The predicted octanol–water partition coefficient (Wildman–Crippen LogP) is 4.01. The summed E-state index contributed by atoms with van der Waals surface area (Å²) in [5, 5.41) is 3.25. The van der Waals surface area contributed by atoms with Gasteiger partial charge in [0, 0.05) is 0 Å². The minimum absolute atomic E-state index is 0.0287. The molecule has 0 amide bonds. The molecule has 0 aromatic heterocycles. The van der Waals surface area contributed by atoms with E-state index < -0.39 is 0 Å². The smallest absolute Gasteiger partial charge is 0.126 e. The van der Waals surface area contributed by atoms with Crippen molar-refractivity contribution in [3.63, 3.8) is 0 Å². The minimum atomic E-state index is -0.150. The van der Waals surface area contributed by atoms with Gasteiger partial charge in [-0.1, -0.05) is 43.3 Å². The fourth-order valence-corrected chi connectivity index (χ4v) is 2.26. The molecule has 0 saturated carbocycles. The third-order valence-electron chi connectivity index (χ3n) is 3.54. The van der Waals surface area contributed by atoms with Gasteiger partial charge < -0.3 is 5.32 Å². The Hall–Kier alpha value is -1.67. The van der Waals surface area contributed by atoms with Gasteiger partial charge in [-0.05, 0) is 48.7 Å². The number of aryl methyl sites for hydroxylation is 2. The molecule has 1 N–H and O–H groups in total. The summed E-state index contributed by atoms with van der Waals surface area (Å²) in [6.07, 6.45) is 1.03. The number of nitrogens with one attached hydrogen (secondary N) is 1. The molecule has 2 rings (SSSR count). The molecule has 0 fully saturated rings. The Bertz CT molecular complexity index is 546. The van der Waals surface area contributed by atoms with Crippen LogP contribution in [0.4, 0.5) is 4.39 Å². The van der Waals surface area contributed by atoms with Gasteiger partial charge in [-0.2, -0.15) is 0 Å². The maximum Gasteiger partial charge on any atom is 0.126 e. The zero-order valence-corrected chi connectivity index (χ0v) is 11.7. The summed E-state index contributed by atoms with van der Waals surface area (Å²) in [6, 6.07) is 13.9. The number of halogens is 1. The van der Waals surface area contributed by atoms with Crippen molar-refractivity contribution >= 4 is 0 Å². The van der Waals surface area contributed by atoms with Crippen LogP contribution < -0.4 is 5.32 Å². The molecule has 2 aromatic carbocycles. The molecule has 0 radical (unpaired) electrons. The Morgan fingerprint density at radius 3 is 2.21 bits per heavy atom. The molecule has 0 aliphatic rings. The van der Waals surface area contributed by atoms with E-state index in [-0.39, 0.29) is 11.9 Å². The second-order valence-corrected chi connectivity index (χ2v) is 4.83. The maximum atomic E-state index is 13.7. The van der Waals surface area contributed by atoms with Gasteiger partial charge in [-0.15, -0.1) is 0 Å². The highest BCUT2D eigenvalue weighted by Crippen LogP contribution is 2.23. The molecular weight excluding hydrogens is 237 g/mol. The van der Waals surface area contributed by atoms with E-state index in [1.807, 2.05) is 19.2 Å². The first-order chi connectivity index (χ1) is 9.15.